The van der Waals surface area contributed by atoms with Crippen LogP contribution in [0.2, 0.25) is 0 Å². The summed E-state index contributed by atoms with van der Waals surface area (Å²) in [6, 6.07) is 20.6. The van der Waals surface area contributed by atoms with Gasteiger partial charge in [0.2, 0.25) is 0 Å². The molecule has 162 valence electrons. The number of para-hydroxylation sites is 1. The van der Waals surface area contributed by atoms with Gasteiger partial charge in [0.1, 0.15) is 11.9 Å². The summed E-state index contributed by atoms with van der Waals surface area (Å²) in [4.78, 5) is 6.80. The number of nitrogens with one attached hydrogen (secondary N) is 1. The molecule has 30 heavy (non-hydrogen) atoms. The predicted molar refractivity (Wildman–Crippen MR) is 123 cm³/mol. The van der Waals surface area contributed by atoms with Gasteiger partial charge in [0.15, 0.2) is 5.96 Å². The Balaban J connectivity index is 1.23. The van der Waals surface area contributed by atoms with Gasteiger partial charge in [-0.15, -0.1) is 0 Å². The van der Waals surface area contributed by atoms with Crippen LogP contribution in [-0.4, -0.2) is 56.9 Å². The first-order valence-corrected chi connectivity index (χ1v) is 11.1. The standard InChI is InChI=1S/C25H35N3O2/c1-26-25(27-17-8-9-20-29-21-16-22-10-4-2-5-11-22)28-18-14-24(15-19-28)30-23-12-6-3-7-13-23/h2-7,10-13,24H,8-9,14-21H2,1H3,(H,26,27). The first-order valence-electron chi connectivity index (χ1n) is 11.1. The summed E-state index contributed by atoms with van der Waals surface area (Å²) in [6.07, 6.45) is 5.45. The van der Waals surface area contributed by atoms with E-state index in [1.54, 1.807) is 0 Å². The molecule has 1 aliphatic rings. The minimum atomic E-state index is 0.287. The van der Waals surface area contributed by atoms with Crippen molar-refractivity contribution >= 4 is 5.96 Å². The normalized spacial score (nSPS) is 15.2. The number of benzene rings is 2. The van der Waals surface area contributed by atoms with Crippen molar-refractivity contribution in [1.29, 1.82) is 0 Å². The third-order valence-corrected chi connectivity index (χ3v) is 5.38. The maximum atomic E-state index is 6.09. The molecule has 0 saturated carbocycles. The van der Waals surface area contributed by atoms with Crippen LogP contribution in [0.5, 0.6) is 5.75 Å². The van der Waals surface area contributed by atoms with Gasteiger partial charge in [0, 0.05) is 46.1 Å². The maximum Gasteiger partial charge on any atom is 0.193 e. The van der Waals surface area contributed by atoms with E-state index in [1.165, 1.54) is 5.56 Å². The molecule has 0 atom stereocenters. The second kappa shape index (κ2) is 12.9. The van der Waals surface area contributed by atoms with E-state index < -0.39 is 0 Å². The minimum absolute atomic E-state index is 0.287. The largest absolute Gasteiger partial charge is 0.490 e. The van der Waals surface area contributed by atoms with E-state index in [4.69, 9.17) is 9.47 Å². The highest BCUT2D eigenvalue weighted by atomic mass is 16.5. The number of unbranched alkanes of at least 4 members (excludes halogenated alkanes) is 1. The van der Waals surface area contributed by atoms with Crippen LogP contribution in [-0.2, 0) is 11.2 Å². The molecule has 0 amide bonds. The maximum absolute atomic E-state index is 6.09. The van der Waals surface area contributed by atoms with Crippen molar-refractivity contribution in [3.05, 3.63) is 66.2 Å². The molecule has 2 aromatic rings. The van der Waals surface area contributed by atoms with E-state index in [9.17, 15) is 0 Å². The zero-order valence-corrected chi connectivity index (χ0v) is 18.1. The fraction of sp³-hybridized carbons (Fsp3) is 0.480. The summed E-state index contributed by atoms with van der Waals surface area (Å²) in [5.74, 6) is 1.96. The fourth-order valence-electron chi connectivity index (χ4n) is 3.68. The molecule has 1 heterocycles. The number of hydrogen-bond donors (Lipinski definition) is 1. The van der Waals surface area contributed by atoms with Gasteiger partial charge < -0.3 is 19.7 Å². The Morgan fingerprint density at radius 2 is 1.67 bits per heavy atom. The Kier molecular flexibility index (Phi) is 9.54. The van der Waals surface area contributed by atoms with Crippen LogP contribution in [0.3, 0.4) is 0 Å². The number of ether oxygens (including phenoxy) is 2. The molecule has 1 fully saturated rings. The number of rotatable bonds is 10. The second-order valence-corrected chi connectivity index (χ2v) is 7.65. The van der Waals surface area contributed by atoms with E-state index in [0.29, 0.717) is 0 Å². The number of piperidine rings is 1. The Hall–Kier alpha value is -2.53. The molecule has 0 aliphatic carbocycles. The van der Waals surface area contributed by atoms with Crippen LogP contribution in [0.15, 0.2) is 65.7 Å². The Labute approximate surface area is 181 Å². The molecule has 5 heteroatoms. The van der Waals surface area contributed by atoms with Crippen molar-refractivity contribution in [3.8, 4) is 5.75 Å². The number of nitrogens with zero attached hydrogens (tertiary/aromatic N) is 2. The van der Waals surface area contributed by atoms with Crippen LogP contribution in [0.25, 0.3) is 0 Å². The lowest BCUT2D eigenvalue weighted by Crippen LogP contribution is -2.47. The van der Waals surface area contributed by atoms with Crippen molar-refractivity contribution in [3.63, 3.8) is 0 Å². The highest BCUT2D eigenvalue weighted by molar-refractivity contribution is 5.79. The number of hydrogen-bond acceptors (Lipinski definition) is 3. The lowest BCUT2D eigenvalue weighted by Gasteiger charge is -2.34. The summed E-state index contributed by atoms with van der Waals surface area (Å²) in [6.45, 7) is 4.48. The van der Waals surface area contributed by atoms with Gasteiger partial charge in [0.05, 0.1) is 6.61 Å². The van der Waals surface area contributed by atoms with Crippen molar-refractivity contribution in [2.75, 3.05) is 39.9 Å². The van der Waals surface area contributed by atoms with Crippen LogP contribution in [0.1, 0.15) is 31.2 Å². The molecule has 2 aromatic carbocycles. The summed E-state index contributed by atoms with van der Waals surface area (Å²) < 4.78 is 11.9. The minimum Gasteiger partial charge on any atom is -0.490 e. The average Bonchev–Trinajstić information content (AvgIpc) is 2.80. The van der Waals surface area contributed by atoms with Crippen molar-refractivity contribution in [1.82, 2.24) is 10.2 Å². The molecular formula is C25H35N3O2. The molecule has 5 nitrogen and oxygen atoms in total. The molecule has 3 rings (SSSR count). The lowest BCUT2D eigenvalue weighted by atomic mass is 10.1. The van der Waals surface area contributed by atoms with E-state index >= 15 is 0 Å². The third kappa shape index (κ3) is 7.71. The number of likely N-dealkylation sites (tertiary alicyclic amines) is 1. The van der Waals surface area contributed by atoms with Crippen LogP contribution in [0.4, 0.5) is 0 Å². The third-order valence-electron chi connectivity index (χ3n) is 5.38. The molecule has 1 aliphatic heterocycles. The predicted octanol–water partition coefficient (Wildman–Crippen LogP) is 4.14. The molecule has 0 radical (unpaired) electrons. The Bertz CT molecular complexity index is 729. The van der Waals surface area contributed by atoms with Gasteiger partial charge >= 0.3 is 0 Å². The highest BCUT2D eigenvalue weighted by Crippen LogP contribution is 2.18. The molecular weight excluding hydrogens is 374 g/mol. The quantitative estimate of drug-likeness (QED) is 0.364. The van der Waals surface area contributed by atoms with Crippen LogP contribution >= 0.6 is 0 Å². The van der Waals surface area contributed by atoms with Gasteiger partial charge in [-0.25, -0.2) is 0 Å². The summed E-state index contributed by atoms with van der Waals surface area (Å²) in [5.41, 5.74) is 1.33. The molecule has 1 saturated heterocycles. The van der Waals surface area contributed by atoms with Crippen molar-refractivity contribution < 1.29 is 9.47 Å². The topological polar surface area (TPSA) is 46.1 Å². The monoisotopic (exact) mass is 409 g/mol. The lowest BCUT2D eigenvalue weighted by molar-refractivity contribution is 0.128. The zero-order valence-electron chi connectivity index (χ0n) is 18.1. The first-order chi connectivity index (χ1) is 14.8. The van der Waals surface area contributed by atoms with Gasteiger partial charge in [-0.3, -0.25) is 4.99 Å². The smallest absolute Gasteiger partial charge is 0.193 e. The van der Waals surface area contributed by atoms with E-state index in [1.807, 2.05) is 43.4 Å². The molecule has 0 bridgehead atoms. The summed E-state index contributed by atoms with van der Waals surface area (Å²) in [7, 11) is 1.86. The van der Waals surface area contributed by atoms with Gasteiger partial charge in [-0.05, 0) is 37.0 Å². The van der Waals surface area contributed by atoms with Gasteiger partial charge in [0.25, 0.3) is 0 Å². The number of aliphatic imine (C=N–C) groups is 1. The Morgan fingerprint density at radius 3 is 2.37 bits per heavy atom. The van der Waals surface area contributed by atoms with E-state index in [0.717, 1.165) is 76.7 Å². The first kappa shape index (κ1) is 22.2. The van der Waals surface area contributed by atoms with E-state index in [-0.39, 0.29) is 6.10 Å². The van der Waals surface area contributed by atoms with Crippen LogP contribution in [0, 0.1) is 0 Å². The van der Waals surface area contributed by atoms with E-state index in [2.05, 4.69) is 39.5 Å². The zero-order chi connectivity index (χ0) is 20.9. The molecule has 0 unspecified atom stereocenters. The second-order valence-electron chi connectivity index (χ2n) is 7.65. The Morgan fingerprint density at radius 1 is 0.967 bits per heavy atom. The molecule has 1 N–H and O–H groups in total. The summed E-state index contributed by atoms with van der Waals surface area (Å²) in [5, 5.41) is 3.50. The summed E-state index contributed by atoms with van der Waals surface area (Å²) >= 11 is 0. The van der Waals surface area contributed by atoms with Gasteiger partial charge in [-0.2, -0.15) is 0 Å². The van der Waals surface area contributed by atoms with Crippen LogP contribution < -0.4 is 10.1 Å². The van der Waals surface area contributed by atoms with Gasteiger partial charge in [-0.1, -0.05) is 48.5 Å². The van der Waals surface area contributed by atoms with Crippen molar-refractivity contribution in [2.45, 2.75) is 38.2 Å². The highest BCUT2D eigenvalue weighted by Gasteiger charge is 2.22. The average molecular weight is 410 g/mol. The SMILES string of the molecule is CN=C(NCCCCOCCc1ccccc1)N1CCC(Oc2ccccc2)CC1. The molecule has 0 aromatic heterocycles. The fourth-order valence-corrected chi connectivity index (χ4v) is 3.68. The van der Waals surface area contributed by atoms with Crippen molar-refractivity contribution in [2.24, 2.45) is 4.99 Å². The molecule has 0 spiro atoms. The number of guanidine groups is 1.